The second kappa shape index (κ2) is 9.22. The number of carboxylic acid groups (broad SMARTS) is 1. The van der Waals surface area contributed by atoms with E-state index in [1.165, 1.54) is 7.11 Å². The highest BCUT2D eigenvalue weighted by atomic mass is 32.1. The first kappa shape index (κ1) is 22.6. The Balaban J connectivity index is 2.37. The van der Waals surface area contributed by atoms with Gasteiger partial charge < -0.3 is 19.5 Å². The van der Waals surface area contributed by atoms with Gasteiger partial charge >= 0.3 is 5.97 Å². The smallest absolute Gasteiger partial charge is 0.307 e. The van der Waals surface area contributed by atoms with E-state index in [1.54, 1.807) is 42.3 Å². The molecule has 0 unspecified atom stereocenters. The number of methoxy groups -OCH3 is 1. The molecule has 0 aliphatic rings. The monoisotopic (exact) mass is 417 g/mol. The number of benzene rings is 2. The third-order valence-electron chi connectivity index (χ3n) is 4.35. The summed E-state index contributed by atoms with van der Waals surface area (Å²) in [5, 5.41) is 9.03. The van der Waals surface area contributed by atoms with E-state index < -0.39 is 11.4 Å². The molecule has 7 heteroatoms. The highest BCUT2D eigenvalue weighted by Gasteiger charge is 2.26. The molecule has 2 aromatic carbocycles. The number of amides is 1. The number of aliphatic carboxylic acids is 1. The van der Waals surface area contributed by atoms with Crippen LogP contribution in [0.5, 0.6) is 17.2 Å². The minimum absolute atomic E-state index is 0.000626. The van der Waals surface area contributed by atoms with E-state index in [9.17, 15) is 9.59 Å². The largest absolute Gasteiger partial charge is 0.493 e. The number of ether oxygens (including phenoxy) is 2. The summed E-state index contributed by atoms with van der Waals surface area (Å²) in [5.41, 5.74) is 1.65. The number of anilines is 1. The van der Waals surface area contributed by atoms with Crippen LogP contribution in [0.1, 0.15) is 31.9 Å². The SMILES string of the molecule is COc1ccc(CC(=O)O)cc1Oc1ccc(N(C)C(=O)C(C)(C)C)cc1CS. The first-order valence-electron chi connectivity index (χ1n) is 9.15. The van der Waals surface area contributed by atoms with Crippen molar-refractivity contribution in [1.82, 2.24) is 0 Å². The molecule has 2 rings (SSSR count). The molecule has 0 radical (unpaired) electrons. The number of carboxylic acids is 1. The lowest BCUT2D eigenvalue weighted by atomic mass is 9.94. The van der Waals surface area contributed by atoms with Gasteiger partial charge in [-0.15, -0.1) is 0 Å². The molecule has 156 valence electrons. The van der Waals surface area contributed by atoms with Gasteiger partial charge in [0.1, 0.15) is 5.75 Å². The molecule has 0 aromatic heterocycles. The van der Waals surface area contributed by atoms with Crippen molar-refractivity contribution in [2.45, 2.75) is 32.9 Å². The lowest BCUT2D eigenvalue weighted by molar-refractivity contribution is -0.136. The van der Waals surface area contributed by atoms with Crippen molar-refractivity contribution in [3.8, 4) is 17.2 Å². The van der Waals surface area contributed by atoms with Crippen LogP contribution in [0.15, 0.2) is 36.4 Å². The molecule has 0 heterocycles. The summed E-state index contributed by atoms with van der Waals surface area (Å²) >= 11 is 4.39. The number of carbonyl (C=O) groups is 2. The van der Waals surface area contributed by atoms with Gasteiger partial charge in [0.2, 0.25) is 5.91 Å². The molecular weight excluding hydrogens is 390 g/mol. The zero-order chi connectivity index (χ0) is 21.8. The van der Waals surface area contributed by atoms with Gasteiger partial charge in [0.25, 0.3) is 0 Å². The van der Waals surface area contributed by atoms with Gasteiger partial charge in [0.05, 0.1) is 13.5 Å². The van der Waals surface area contributed by atoms with Gasteiger partial charge in [-0.3, -0.25) is 9.59 Å². The Morgan fingerprint density at radius 3 is 2.28 bits per heavy atom. The van der Waals surface area contributed by atoms with E-state index in [1.807, 2.05) is 26.8 Å². The van der Waals surface area contributed by atoms with Crippen molar-refractivity contribution < 1.29 is 24.2 Å². The van der Waals surface area contributed by atoms with Crippen LogP contribution >= 0.6 is 12.6 Å². The van der Waals surface area contributed by atoms with E-state index in [-0.39, 0.29) is 12.3 Å². The zero-order valence-corrected chi connectivity index (χ0v) is 18.2. The number of nitrogens with zero attached hydrogens (tertiary/aromatic N) is 1. The van der Waals surface area contributed by atoms with Gasteiger partial charge in [0.15, 0.2) is 11.5 Å². The summed E-state index contributed by atoms with van der Waals surface area (Å²) in [6.07, 6.45) is -0.113. The van der Waals surface area contributed by atoms with Crippen molar-refractivity contribution in [2.75, 3.05) is 19.1 Å². The molecule has 1 amide bonds. The fraction of sp³-hybridized carbons (Fsp3) is 0.364. The number of thiol groups is 1. The first-order chi connectivity index (χ1) is 13.6. The number of carbonyl (C=O) groups excluding carboxylic acids is 1. The van der Waals surface area contributed by atoms with Crippen molar-refractivity contribution >= 4 is 30.2 Å². The van der Waals surface area contributed by atoms with Crippen LogP contribution in [0.2, 0.25) is 0 Å². The Bertz CT molecular complexity index is 905. The normalized spacial score (nSPS) is 11.1. The fourth-order valence-corrected chi connectivity index (χ4v) is 3.07. The quantitative estimate of drug-likeness (QED) is 0.646. The van der Waals surface area contributed by atoms with Gasteiger partial charge in [-0.1, -0.05) is 26.8 Å². The van der Waals surface area contributed by atoms with E-state index in [2.05, 4.69) is 12.6 Å². The molecule has 0 aliphatic carbocycles. The Kier molecular flexibility index (Phi) is 7.19. The molecule has 29 heavy (non-hydrogen) atoms. The highest BCUT2D eigenvalue weighted by Crippen LogP contribution is 2.36. The Morgan fingerprint density at radius 2 is 1.72 bits per heavy atom. The summed E-state index contributed by atoms with van der Waals surface area (Å²) in [5.74, 6) is 0.950. The van der Waals surface area contributed by atoms with Crippen LogP contribution in [-0.4, -0.2) is 31.1 Å². The molecule has 2 aromatic rings. The van der Waals surface area contributed by atoms with E-state index in [0.717, 1.165) is 11.3 Å². The van der Waals surface area contributed by atoms with Crippen LogP contribution in [0, 0.1) is 5.41 Å². The van der Waals surface area contributed by atoms with Gasteiger partial charge in [0, 0.05) is 29.5 Å². The average molecular weight is 418 g/mol. The van der Waals surface area contributed by atoms with Crippen LogP contribution in [0.25, 0.3) is 0 Å². The number of rotatable bonds is 7. The van der Waals surface area contributed by atoms with Gasteiger partial charge in [-0.05, 0) is 35.9 Å². The third kappa shape index (κ3) is 5.67. The topological polar surface area (TPSA) is 76.1 Å². The molecule has 0 saturated heterocycles. The molecule has 0 saturated carbocycles. The first-order valence-corrected chi connectivity index (χ1v) is 9.78. The Morgan fingerprint density at radius 1 is 1.07 bits per heavy atom. The summed E-state index contributed by atoms with van der Waals surface area (Å²) in [6, 6.07) is 10.5. The molecule has 1 N–H and O–H groups in total. The van der Waals surface area contributed by atoms with Gasteiger partial charge in [-0.25, -0.2) is 0 Å². The molecular formula is C22H27NO5S. The number of hydrogen-bond donors (Lipinski definition) is 2. The molecule has 0 bridgehead atoms. The van der Waals surface area contributed by atoms with Crippen LogP contribution < -0.4 is 14.4 Å². The average Bonchev–Trinajstić information content (AvgIpc) is 2.66. The van der Waals surface area contributed by atoms with Gasteiger partial charge in [-0.2, -0.15) is 12.6 Å². The lowest BCUT2D eigenvalue weighted by Crippen LogP contribution is -2.36. The third-order valence-corrected chi connectivity index (χ3v) is 4.69. The molecule has 0 aliphatic heterocycles. The minimum Gasteiger partial charge on any atom is -0.493 e. The van der Waals surface area contributed by atoms with Crippen LogP contribution in [0.3, 0.4) is 0 Å². The Hall–Kier alpha value is -2.67. The maximum atomic E-state index is 12.6. The van der Waals surface area contributed by atoms with E-state index in [4.69, 9.17) is 14.6 Å². The summed E-state index contributed by atoms with van der Waals surface area (Å²) < 4.78 is 11.4. The predicted molar refractivity (Wildman–Crippen MR) is 116 cm³/mol. The van der Waals surface area contributed by atoms with Crippen LogP contribution in [0.4, 0.5) is 5.69 Å². The molecule has 0 atom stereocenters. The molecule has 0 fully saturated rings. The van der Waals surface area contributed by atoms with Crippen molar-refractivity contribution in [1.29, 1.82) is 0 Å². The minimum atomic E-state index is -0.923. The zero-order valence-electron chi connectivity index (χ0n) is 17.4. The fourth-order valence-electron chi connectivity index (χ4n) is 2.82. The van der Waals surface area contributed by atoms with Crippen molar-refractivity contribution in [3.05, 3.63) is 47.5 Å². The molecule has 6 nitrogen and oxygen atoms in total. The summed E-state index contributed by atoms with van der Waals surface area (Å²) in [4.78, 5) is 25.2. The highest BCUT2D eigenvalue weighted by molar-refractivity contribution is 7.79. The van der Waals surface area contributed by atoms with Crippen LogP contribution in [-0.2, 0) is 21.8 Å². The standard InChI is InChI=1S/C22H27NO5S/c1-22(2,3)21(26)23(4)16-7-9-17(15(12-16)13-29)28-19-10-14(11-20(24)25)6-8-18(19)27-5/h6-10,12,29H,11,13H2,1-5H3,(H,24,25). The summed E-state index contributed by atoms with van der Waals surface area (Å²) in [6.45, 7) is 5.62. The second-order valence-corrected chi connectivity index (χ2v) is 8.04. The maximum Gasteiger partial charge on any atom is 0.307 e. The Labute approximate surface area is 176 Å². The summed E-state index contributed by atoms with van der Waals surface area (Å²) in [7, 11) is 3.26. The van der Waals surface area contributed by atoms with E-state index in [0.29, 0.717) is 28.6 Å². The second-order valence-electron chi connectivity index (χ2n) is 7.72. The van der Waals surface area contributed by atoms with Crippen molar-refractivity contribution in [2.24, 2.45) is 5.41 Å². The van der Waals surface area contributed by atoms with Crippen molar-refractivity contribution in [3.63, 3.8) is 0 Å². The van der Waals surface area contributed by atoms with E-state index >= 15 is 0 Å². The maximum absolute atomic E-state index is 12.6. The number of hydrogen-bond acceptors (Lipinski definition) is 5. The predicted octanol–water partition coefficient (Wildman–Crippen LogP) is 4.55. The lowest BCUT2D eigenvalue weighted by Gasteiger charge is -2.26. The molecule has 0 spiro atoms.